The number of hydrogen-bond acceptors (Lipinski definition) is 1. The summed E-state index contributed by atoms with van der Waals surface area (Å²) in [6.45, 7) is 2.15. The summed E-state index contributed by atoms with van der Waals surface area (Å²) in [4.78, 5) is 0. The van der Waals surface area contributed by atoms with Crippen molar-refractivity contribution in [2.75, 3.05) is 14.1 Å². The third kappa shape index (κ3) is 3.55. The maximum absolute atomic E-state index is 2.33. The minimum Gasteiger partial charge on any atom is -0.870 e. The highest BCUT2D eigenvalue weighted by molar-refractivity contribution is 5.84. The Labute approximate surface area is 163 Å². The zero-order chi connectivity index (χ0) is 18.1. The molecule has 0 aliphatic heterocycles. The molecule has 0 saturated heterocycles. The molecule has 0 unspecified atom stereocenters. The van der Waals surface area contributed by atoms with Gasteiger partial charge in [0.15, 0.2) is 0 Å². The molecule has 140 valence electrons. The summed E-state index contributed by atoms with van der Waals surface area (Å²) in [5.41, 5.74) is 9.88. The minimum atomic E-state index is 0. The van der Waals surface area contributed by atoms with Crippen molar-refractivity contribution >= 4 is 11.4 Å². The van der Waals surface area contributed by atoms with E-state index in [9.17, 15) is 0 Å². The molecule has 2 nitrogen and oxygen atoms in total. The summed E-state index contributed by atoms with van der Waals surface area (Å²) in [6.07, 6.45) is 4.90. The first-order valence-electron chi connectivity index (χ1n) is 9.69. The summed E-state index contributed by atoms with van der Waals surface area (Å²) in [5, 5.41) is 0. The van der Waals surface area contributed by atoms with E-state index in [0.717, 1.165) is 4.48 Å². The second-order valence-electron chi connectivity index (χ2n) is 7.96. The topological polar surface area (TPSA) is 30.0 Å². The van der Waals surface area contributed by atoms with E-state index in [1.807, 2.05) is 0 Å². The first-order chi connectivity index (χ1) is 12.6. The lowest BCUT2D eigenvalue weighted by molar-refractivity contribution is 0.555. The van der Waals surface area contributed by atoms with Crippen LogP contribution in [-0.2, 0) is 12.8 Å². The molecular formula is C25H29NO. The molecule has 0 spiro atoms. The van der Waals surface area contributed by atoms with Crippen LogP contribution in [0, 0.1) is 6.92 Å². The SMILES string of the molecule is Cc1ccc([N+](C)(C)c2cccc3c2-c2ccccc2CCCC3)cc1.[OH-]. The van der Waals surface area contributed by atoms with Crippen LogP contribution in [0.25, 0.3) is 11.1 Å². The molecule has 2 heteroatoms. The highest BCUT2D eigenvalue weighted by atomic mass is 16.0. The Balaban J connectivity index is 0.00000210. The highest BCUT2D eigenvalue weighted by Crippen LogP contribution is 2.43. The average molecular weight is 360 g/mol. The second kappa shape index (κ2) is 7.67. The predicted molar refractivity (Wildman–Crippen MR) is 115 cm³/mol. The fraction of sp³-hybridized carbons (Fsp3) is 0.280. The Morgan fingerprint density at radius 3 is 2.07 bits per heavy atom. The molecule has 0 aromatic heterocycles. The van der Waals surface area contributed by atoms with Gasteiger partial charge in [0.05, 0.1) is 14.1 Å². The van der Waals surface area contributed by atoms with Gasteiger partial charge in [-0.25, -0.2) is 0 Å². The number of benzene rings is 3. The van der Waals surface area contributed by atoms with Gasteiger partial charge in [0.2, 0.25) is 0 Å². The van der Waals surface area contributed by atoms with Gasteiger partial charge in [-0.2, -0.15) is 0 Å². The number of hydrogen-bond donors (Lipinski definition) is 0. The van der Waals surface area contributed by atoms with Crippen molar-refractivity contribution in [3.63, 3.8) is 0 Å². The molecule has 0 amide bonds. The summed E-state index contributed by atoms with van der Waals surface area (Å²) in [5.74, 6) is 0. The van der Waals surface area contributed by atoms with Crippen molar-refractivity contribution < 1.29 is 5.48 Å². The van der Waals surface area contributed by atoms with Gasteiger partial charge in [-0.3, -0.25) is 4.48 Å². The average Bonchev–Trinajstić information content (AvgIpc) is 2.63. The highest BCUT2D eigenvalue weighted by Gasteiger charge is 2.29. The molecule has 4 rings (SSSR count). The van der Waals surface area contributed by atoms with Crippen molar-refractivity contribution in [1.82, 2.24) is 4.48 Å². The van der Waals surface area contributed by atoms with Gasteiger partial charge in [-0.05, 0) is 61.4 Å². The van der Waals surface area contributed by atoms with E-state index < -0.39 is 0 Å². The van der Waals surface area contributed by atoms with Crippen molar-refractivity contribution in [2.45, 2.75) is 32.6 Å². The molecule has 3 aromatic carbocycles. The zero-order valence-electron chi connectivity index (χ0n) is 16.6. The van der Waals surface area contributed by atoms with Crippen LogP contribution in [0.2, 0.25) is 0 Å². The quantitative estimate of drug-likeness (QED) is 0.496. The number of nitrogens with zero attached hydrogens (tertiary/aromatic N) is 1. The lowest BCUT2D eigenvalue weighted by atomic mass is 9.86. The lowest BCUT2D eigenvalue weighted by Gasteiger charge is -2.32. The molecule has 0 heterocycles. The van der Waals surface area contributed by atoms with E-state index in [1.165, 1.54) is 64.9 Å². The van der Waals surface area contributed by atoms with Crippen LogP contribution < -0.4 is 4.48 Å². The Hall–Kier alpha value is -2.42. The summed E-state index contributed by atoms with van der Waals surface area (Å²) >= 11 is 0. The summed E-state index contributed by atoms with van der Waals surface area (Å²) < 4.78 is 0.762. The van der Waals surface area contributed by atoms with Crippen LogP contribution in [-0.4, -0.2) is 19.6 Å². The normalized spacial score (nSPS) is 13.6. The first kappa shape index (κ1) is 19.3. The van der Waals surface area contributed by atoms with Crippen molar-refractivity contribution in [3.05, 3.63) is 83.4 Å². The Morgan fingerprint density at radius 1 is 0.704 bits per heavy atom. The third-order valence-electron chi connectivity index (χ3n) is 5.84. The molecule has 0 atom stereocenters. The second-order valence-corrected chi connectivity index (χ2v) is 7.96. The molecule has 3 aromatic rings. The van der Waals surface area contributed by atoms with Crippen molar-refractivity contribution in [1.29, 1.82) is 0 Å². The Morgan fingerprint density at radius 2 is 1.33 bits per heavy atom. The summed E-state index contributed by atoms with van der Waals surface area (Å²) in [7, 11) is 4.61. The van der Waals surface area contributed by atoms with Gasteiger partial charge in [-0.1, -0.05) is 54.1 Å². The summed E-state index contributed by atoms with van der Waals surface area (Å²) in [6, 6.07) is 24.9. The lowest BCUT2D eigenvalue weighted by Crippen LogP contribution is -2.35. The largest absolute Gasteiger partial charge is 0.870 e. The monoisotopic (exact) mass is 359 g/mol. The van der Waals surface area contributed by atoms with Crippen LogP contribution in [0.3, 0.4) is 0 Å². The van der Waals surface area contributed by atoms with Crippen LogP contribution >= 0.6 is 0 Å². The van der Waals surface area contributed by atoms with Gasteiger partial charge in [0.25, 0.3) is 0 Å². The predicted octanol–water partition coefficient (Wildman–Crippen LogP) is 6.26. The fourth-order valence-electron chi connectivity index (χ4n) is 4.24. The number of aryl methyl sites for hydroxylation is 3. The van der Waals surface area contributed by atoms with Crippen molar-refractivity contribution in [2.24, 2.45) is 0 Å². The Bertz CT molecular complexity index is 925. The first-order valence-corrected chi connectivity index (χ1v) is 9.69. The number of quaternary nitrogens is 1. The molecular weight excluding hydrogens is 330 g/mol. The Kier molecular flexibility index (Phi) is 5.50. The van der Waals surface area contributed by atoms with E-state index in [0.29, 0.717) is 0 Å². The van der Waals surface area contributed by atoms with E-state index in [4.69, 9.17) is 0 Å². The molecule has 1 aliphatic rings. The van der Waals surface area contributed by atoms with Crippen molar-refractivity contribution in [3.8, 4) is 11.1 Å². The van der Waals surface area contributed by atoms with E-state index in [-0.39, 0.29) is 5.48 Å². The fourth-order valence-corrected chi connectivity index (χ4v) is 4.24. The van der Waals surface area contributed by atoms with E-state index in [2.05, 4.69) is 87.7 Å². The minimum absolute atomic E-state index is 0. The van der Waals surface area contributed by atoms with Gasteiger partial charge < -0.3 is 5.48 Å². The number of rotatable bonds is 2. The van der Waals surface area contributed by atoms with Gasteiger partial charge in [-0.15, -0.1) is 0 Å². The molecule has 0 bridgehead atoms. The maximum Gasteiger partial charge on any atom is 0.145 e. The standard InChI is InChI=1S/C25H28N.H2O/c1-19-15-17-22(18-16-19)26(2,3)24-14-8-12-21-11-5-4-9-20-10-6-7-13-23(20)25(21)24;/h6-8,10,12-18H,4-5,9,11H2,1-3H3;1H2/q+1;/p-1. The van der Waals surface area contributed by atoms with E-state index >= 15 is 0 Å². The maximum atomic E-state index is 2.33. The van der Waals surface area contributed by atoms with Crippen LogP contribution in [0.15, 0.2) is 66.7 Å². The van der Waals surface area contributed by atoms with Crippen LogP contribution in [0.5, 0.6) is 0 Å². The smallest absolute Gasteiger partial charge is 0.145 e. The number of fused-ring (bicyclic) bond motifs is 3. The van der Waals surface area contributed by atoms with Crippen LogP contribution in [0.4, 0.5) is 11.4 Å². The third-order valence-corrected chi connectivity index (χ3v) is 5.84. The molecule has 1 N–H and O–H groups in total. The molecule has 0 fully saturated rings. The molecule has 27 heavy (non-hydrogen) atoms. The molecule has 1 aliphatic carbocycles. The molecule has 0 saturated carbocycles. The zero-order valence-corrected chi connectivity index (χ0v) is 16.6. The van der Waals surface area contributed by atoms with Gasteiger partial charge in [0.1, 0.15) is 11.4 Å². The molecule has 0 radical (unpaired) electrons. The van der Waals surface area contributed by atoms with Gasteiger partial charge >= 0.3 is 0 Å². The van der Waals surface area contributed by atoms with Crippen LogP contribution in [0.1, 0.15) is 29.5 Å². The van der Waals surface area contributed by atoms with E-state index in [1.54, 1.807) is 0 Å². The van der Waals surface area contributed by atoms with Gasteiger partial charge in [0, 0.05) is 11.6 Å².